The van der Waals surface area contributed by atoms with E-state index in [9.17, 15) is 23.5 Å². The van der Waals surface area contributed by atoms with Crippen molar-refractivity contribution < 1.29 is 28.6 Å². The third-order valence-electron chi connectivity index (χ3n) is 4.58. The molecule has 2 N–H and O–H groups in total. The molecular formula is C20H25F2NO4S. The van der Waals surface area contributed by atoms with Crippen molar-refractivity contribution in [3.63, 3.8) is 0 Å². The maximum Gasteiger partial charge on any atom is 0.313 e. The number of aliphatic carboxylic acids is 1. The summed E-state index contributed by atoms with van der Waals surface area (Å²) in [6.45, 7) is 0.493. The maximum atomic E-state index is 14.3. The zero-order chi connectivity index (χ0) is 20.6. The summed E-state index contributed by atoms with van der Waals surface area (Å²) in [7, 11) is 0. The number of amides is 1. The van der Waals surface area contributed by atoms with Crippen molar-refractivity contribution in [2.24, 2.45) is 0 Å². The highest BCUT2D eigenvalue weighted by molar-refractivity contribution is 7.99. The van der Waals surface area contributed by atoms with Crippen LogP contribution in [0.2, 0.25) is 0 Å². The van der Waals surface area contributed by atoms with Crippen LogP contribution < -0.4 is 0 Å². The number of carboxylic acid groups (broad SMARTS) is 1. The van der Waals surface area contributed by atoms with Gasteiger partial charge in [0.2, 0.25) is 5.91 Å². The van der Waals surface area contributed by atoms with E-state index in [0.29, 0.717) is 31.6 Å². The molecule has 5 nitrogen and oxygen atoms in total. The van der Waals surface area contributed by atoms with E-state index in [4.69, 9.17) is 5.11 Å². The normalized spacial score (nSPS) is 18.8. The molecule has 1 aromatic carbocycles. The van der Waals surface area contributed by atoms with Gasteiger partial charge in [-0.25, -0.2) is 0 Å². The molecule has 1 aliphatic rings. The monoisotopic (exact) mass is 413 g/mol. The van der Waals surface area contributed by atoms with E-state index in [1.807, 2.05) is 0 Å². The first-order valence-corrected chi connectivity index (χ1v) is 10.4. The van der Waals surface area contributed by atoms with Gasteiger partial charge in [0.15, 0.2) is 0 Å². The van der Waals surface area contributed by atoms with Crippen molar-refractivity contribution >= 4 is 23.6 Å². The molecule has 0 aliphatic carbocycles. The molecule has 8 heteroatoms. The van der Waals surface area contributed by atoms with Gasteiger partial charge in [0.05, 0.1) is 11.8 Å². The van der Waals surface area contributed by atoms with Crippen molar-refractivity contribution in [2.45, 2.75) is 43.8 Å². The molecule has 1 unspecified atom stereocenters. The largest absolute Gasteiger partial charge is 0.481 e. The van der Waals surface area contributed by atoms with Crippen LogP contribution in [0, 0.1) is 0 Å². The molecule has 0 spiro atoms. The van der Waals surface area contributed by atoms with Crippen LogP contribution in [0.5, 0.6) is 0 Å². The van der Waals surface area contributed by atoms with Crippen molar-refractivity contribution in [3.8, 4) is 0 Å². The van der Waals surface area contributed by atoms with Gasteiger partial charge >= 0.3 is 11.9 Å². The van der Waals surface area contributed by atoms with Crippen LogP contribution in [-0.4, -0.2) is 57.2 Å². The van der Waals surface area contributed by atoms with Gasteiger partial charge in [-0.15, -0.1) is 0 Å². The Hall–Kier alpha value is -1.93. The minimum absolute atomic E-state index is 0.0304. The fourth-order valence-electron chi connectivity index (χ4n) is 3.08. The first kappa shape index (κ1) is 22.4. The fraction of sp³-hybridized carbons (Fsp3) is 0.500. The summed E-state index contributed by atoms with van der Waals surface area (Å²) in [6, 6.07) is 6.84. The highest BCUT2D eigenvalue weighted by Crippen LogP contribution is 2.32. The molecule has 1 amide bonds. The topological polar surface area (TPSA) is 77.8 Å². The van der Waals surface area contributed by atoms with Gasteiger partial charge < -0.3 is 15.1 Å². The number of halogens is 2. The Morgan fingerprint density at radius 1 is 1.32 bits per heavy atom. The van der Waals surface area contributed by atoms with E-state index < -0.39 is 18.0 Å². The zero-order valence-corrected chi connectivity index (χ0v) is 16.3. The van der Waals surface area contributed by atoms with Crippen LogP contribution in [0.15, 0.2) is 42.5 Å². The molecule has 1 aliphatic heterocycles. The summed E-state index contributed by atoms with van der Waals surface area (Å²) < 4.78 is 28.7. The number of unbranched alkanes of at least 4 members (excludes halogenated alkanes) is 1. The third kappa shape index (κ3) is 6.31. The summed E-state index contributed by atoms with van der Waals surface area (Å²) in [6.07, 6.45) is 2.97. The summed E-state index contributed by atoms with van der Waals surface area (Å²) in [4.78, 5) is 24.2. The van der Waals surface area contributed by atoms with Crippen molar-refractivity contribution in [3.05, 3.63) is 48.0 Å². The molecule has 1 fully saturated rings. The van der Waals surface area contributed by atoms with Gasteiger partial charge in [0.1, 0.15) is 6.10 Å². The molecule has 2 rings (SSSR count). The number of rotatable bonds is 11. The van der Waals surface area contributed by atoms with E-state index in [-0.39, 0.29) is 23.3 Å². The quantitative estimate of drug-likeness (QED) is 0.430. The number of aliphatic hydroxyl groups is 1. The van der Waals surface area contributed by atoms with E-state index >= 15 is 0 Å². The lowest BCUT2D eigenvalue weighted by atomic mass is 10.0. The lowest BCUT2D eigenvalue weighted by molar-refractivity contribution is -0.134. The number of aliphatic hydroxyl groups excluding tert-OH is 1. The Morgan fingerprint density at radius 2 is 2.04 bits per heavy atom. The number of carboxylic acids is 1. The Bertz CT molecular complexity index is 684. The molecule has 1 heterocycles. The average molecular weight is 413 g/mol. The lowest BCUT2D eigenvalue weighted by Gasteiger charge is -2.24. The zero-order valence-electron chi connectivity index (χ0n) is 15.5. The van der Waals surface area contributed by atoms with E-state index in [2.05, 4.69) is 0 Å². The molecule has 0 radical (unpaired) electrons. The van der Waals surface area contributed by atoms with Crippen molar-refractivity contribution in [1.82, 2.24) is 4.90 Å². The molecule has 28 heavy (non-hydrogen) atoms. The summed E-state index contributed by atoms with van der Waals surface area (Å²) in [5.74, 6) is -3.54. The molecule has 1 saturated heterocycles. The molecular weight excluding hydrogens is 388 g/mol. The number of carbonyl (C=O) groups is 2. The first-order valence-electron chi connectivity index (χ1n) is 9.21. The number of hydrogen-bond donors (Lipinski definition) is 2. The van der Waals surface area contributed by atoms with E-state index in [1.54, 1.807) is 11.0 Å². The van der Waals surface area contributed by atoms with Crippen LogP contribution in [0.3, 0.4) is 0 Å². The minimum Gasteiger partial charge on any atom is -0.481 e. The summed E-state index contributed by atoms with van der Waals surface area (Å²) >= 11 is 1.33. The van der Waals surface area contributed by atoms with Crippen LogP contribution in [0.1, 0.15) is 31.2 Å². The predicted molar refractivity (Wildman–Crippen MR) is 104 cm³/mol. The Balaban J connectivity index is 1.87. The second kappa shape index (κ2) is 10.6. The smallest absolute Gasteiger partial charge is 0.313 e. The number of likely N-dealkylation sites (tertiary alicyclic amines) is 1. The van der Waals surface area contributed by atoms with Crippen LogP contribution in [0.4, 0.5) is 8.78 Å². The number of alkyl halides is 2. The molecule has 1 aromatic rings. The van der Waals surface area contributed by atoms with Crippen molar-refractivity contribution in [2.75, 3.05) is 18.1 Å². The van der Waals surface area contributed by atoms with Gasteiger partial charge in [0, 0.05) is 18.5 Å². The lowest BCUT2D eigenvalue weighted by Crippen LogP contribution is -2.34. The van der Waals surface area contributed by atoms with E-state index in [0.717, 1.165) is 12.5 Å². The predicted octanol–water partition coefficient (Wildman–Crippen LogP) is 3.28. The van der Waals surface area contributed by atoms with Gasteiger partial charge in [-0.3, -0.25) is 9.59 Å². The van der Waals surface area contributed by atoms with Crippen molar-refractivity contribution in [1.29, 1.82) is 0 Å². The summed E-state index contributed by atoms with van der Waals surface area (Å²) in [5, 5.41) is 18.6. The number of thioether (sulfide) groups is 1. The molecule has 0 aromatic heterocycles. The van der Waals surface area contributed by atoms with Gasteiger partial charge in [-0.2, -0.15) is 20.5 Å². The van der Waals surface area contributed by atoms with Crippen LogP contribution >= 0.6 is 11.8 Å². The Labute approximate surface area is 167 Å². The van der Waals surface area contributed by atoms with E-state index in [1.165, 1.54) is 42.1 Å². The standard InChI is InChI=1S/C20H25F2NO4S/c21-20(22,15-6-2-1-3-7-15)17(24)10-8-16-9-11-18(25)23(16)12-4-5-13-28-14-19(26)27/h1-3,6-8,10,16-17,24H,4-5,9,11-14H2,(H,26,27)/t16-,17?/m0/s1. The highest BCUT2D eigenvalue weighted by Gasteiger charge is 2.39. The number of hydrogen-bond acceptors (Lipinski definition) is 4. The Morgan fingerprint density at radius 3 is 2.71 bits per heavy atom. The second-order valence-electron chi connectivity index (χ2n) is 6.67. The van der Waals surface area contributed by atoms with Gasteiger partial charge in [-0.05, 0) is 25.0 Å². The third-order valence-corrected chi connectivity index (χ3v) is 5.61. The molecule has 2 atom stereocenters. The summed E-state index contributed by atoms with van der Waals surface area (Å²) in [5.41, 5.74) is -0.259. The van der Waals surface area contributed by atoms with Crippen LogP contribution in [-0.2, 0) is 15.5 Å². The minimum atomic E-state index is -3.41. The highest BCUT2D eigenvalue weighted by atomic mass is 32.2. The fourth-order valence-corrected chi connectivity index (χ4v) is 3.80. The maximum absolute atomic E-state index is 14.3. The molecule has 154 valence electrons. The number of benzene rings is 1. The molecule has 0 saturated carbocycles. The SMILES string of the molecule is O=C(O)CSCCCCN1C(=O)CC[C@@H]1C=CC(O)C(F)(F)c1ccccc1. The first-order chi connectivity index (χ1) is 13.3. The molecule has 0 bridgehead atoms. The van der Waals surface area contributed by atoms with Gasteiger partial charge in [0.25, 0.3) is 0 Å². The number of carbonyl (C=O) groups excluding carboxylic acids is 1. The Kier molecular flexibility index (Phi) is 8.44. The number of nitrogens with zero attached hydrogens (tertiary/aromatic N) is 1. The second-order valence-corrected chi connectivity index (χ2v) is 7.77. The average Bonchev–Trinajstić information content (AvgIpc) is 3.02. The van der Waals surface area contributed by atoms with Gasteiger partial charge in [-0.1, -0.05) is 42.5 Å². The van der Waals surface area contributed by atoms with Crippen LogP contribution in [0.25, 0.3) is 0 Å².